The lowest BCUT2D eigenvalue weighted by Gasteiger charge is -2.06. The van der Waals surface area contributed by atoms with Crippen LogP contribution in [0.4, 0.5) is 13.2 Å². The smallest absolute Gasteiger partial charge is 0.194 e. The van der Waals surface area contributed by atoms with Gasteiger partial charge in [0.15, 0.2) is 17.5 Å². The molecule has 0 spiro atoms. The number of halogens is 3. The van der Waals surface area contributed by atoms with Gasteiger partial charge in [-0.25, -0.2) is 13.2 Å². The van der Waals surface area contributed by atoms with Gasteiger partial charge in [-0.05, 0) is 25.0 Å². The Labute approximate surface area is 74.4 Å². The quantitative estimate of drug-likeness (QED) is 0.707. The van der Waals surface area contributed by atoms with Gasteiger partial charge < -0.3 is 5.73 Å². The second-order valence-corrected chi connectivity index (χ2v) is 3.02. The monoisotopic (exact) mass is 189 g/mol. The molecule has 0 saturated carbocycles. The minimum atomic E-state index is -1.43. The van der Waals surface area contributed by atoms with E-state index in [-0.39, 0.29) is 18.0 Å². The van der Waals surface area contributed by atoms with Crippen molar-refractivity contribution in [3.8, 4) is 0 Å². The number of hydrogen-bond donors (Lipinski definition) is 1. The van der Waals surface area contributed by atoms with Gasteiger partial charge in [-0.1, -0.05) is 6.07 Å². The molecular formula is C9H10F3N. The van der Waals surface area contributed by atoms with Gasteiger partial charge in [0.1, 0.15) is 0 Å². The van der Waals surface area contributed by atoms with Crippen LogP contribution in [-0.2, 0) is 6.42 Å². The summed E-state index contributed by atoms with van der Waals surface area (Å²) in [5, 5.41) is 0. The summed E-state index contributed by atoms with van der Waals surface area (Å²) in [6.45, 7) is 1.67. The van der Waals surface area contributed by atoms with Crippen molar-refractivity contribution in [2.75, 3.05) is 0 Å². The molecule has 0 bridgehead atoms. The molecule has 0 fully saturated rings. The maximum absolute atomic E-state index is 13.0. The first-order chi connectivity index (χ1) is 6.02. The van der Waals surface area contributed by atoms with E-state index in [1.807, 2.05) is 0 Å². The van der Waals surface area contributed by atoms with Gasteiger partial charge >= 0.3 is 0 Å². The molecule has 4 heteroatoms. The van der Waals surface area contributed by atoms with E-state index in [9.17, 15) is 13.2 Å². The third-order valence-corrected chi connectivity index (χ3v) is 1.66. The summed E-state index contributed by atoms with van der Waals surface area (Å²) in [5.41, 5.74) is 5.50. The van der Waals surface area contributed by atoms with Crippen LogP contribution >= 0.6 is 0 Å². The predicted molar refractivity (Wildman–Crippen MR) is 43.7 cm³/mol. The van der Waals surface area contributed by atoms with E-state index in [0.717, 1.165) is 6.07 Å². The molecule has 0 aliphatic rings. The maximum atomic E-state index is 13.0. The fourth-order valence-corrected chi connectivity index (χ4v) is 1.07. The zero-order chi connectivity index (χ0) is 10.0. The van der Waals surface area contributed by atoms with Crippen molar-refractivity contribution in [3.05, 3.63) is 35.1 Å². The molecule has 0 radical (unpaired) electrons. The SMILES string of the molecule is C[C@@H](N)Cc1ccc(F)c(F)c1F. The molecule has 0 aliphatic heterocycles. The first kappa shape index (κ1) is 10.1. The molecule has 1 rings (SSSR count). The van der Waals surface area contributed by atoms with Gasteiger partial charge in [-0.2, -0.15) is 0 Å². The summed E-state index contributed by atoms with van der Waals surface area (Å²) in [5.74, 6) is -3.75. The first-order valence-electron chi connectivity index (χ1n) is 3.90. The highest BCUT2D eigenvalue weighted by atomic mass is 19.2. The minimum Gasteiger partial charge on any atom is -0.328 e. The average molecular weight is 189 g/mol. The summed E-state index contributed by atoms with van der Waals surface area (Å²) in [7, 11) is 0. The van der Waals surface area contributed by atoms with Crippen LogP contribution in [0.3, 0.4) is 0 Å². The Balaban J connectivity index is 3.04. The molecule has 13 heavy (non-hydrogen) atoms. The molecule has 1 nitrogen and oxygen atoms in total. The zero-order valence-electron chi connectivity index (χ0n) is 7.15. The normalized spacial score (nSPS) is 13.0. The molecule has 0 aliphatic carbocycles. The molecule has 1 aromatic carbocycles. The van der Waals surface area contributed by atoms with Crippen LogP contribution in [0.15, 0.2) is 12.1 Å². The number of rotatable bonds is 2. The van der Waals surface area contributed by atoms with E-state index in [0.29, 0.717) is 0 Å². The van der Waals surface area contributed by atoms with Gasteiger partial charge in [-0.3, -0.25) is 0 Å². The fraction of sp³-hybridized carbons (Fsp3) is 0.333. The average Bonchev–Trinajstić information content (AvgIpc) is 2.06. The van der Waals surface area contributed by atoms with Crippen LogP contribution in [0.2, 0.25) is 0 Å². The molecule has 1 atom stereocenters. The van der Waals surface area contributed by atoms with Gasteiger partial charge in [0.2, 0.25) is 0 Å². The van der Waals surface area contributed by atoms with Gasteiger partial charge in [0.05, 0.1) is 0 Å². The largest absolute Gasteiger partial charge is 0.328 e. The van der Waals surface area contributed by atoms with Crippen molar-refractivity contribution < 1.29 is 13.2 Å². The second-order valence-electron chi connectivity index (χ2n) is 3.02. The van der Waals surface area contributed by atoms with Gasteiger partial charge in [-0.15, -0.1) is 0 Å². The van der Waals surface area contributed by atoms with E-state index in [1.165, 1.54) is 6.07 Å². The van der Waals surface area contributed by atoms with Crippen molar-refractivity contribution >= 4 is 0 Å². The van der Waals surface area contributed by atoms with Crippen LogP contribution in [0.25, 0.3) is 0 Å². The Morgan fingerprint density at radius 1 is 1.23 bits per heavy atom. The number of nitrogens with two attached hydrogens (primary N) is 1. The summed E-state index contributed by atoms with van der Waals surface area (Å²) < 4.78 is 38.1. The third-order valence-electron chi connectivity index (χ3n) is 1.66. The molecule has 0 unspecified atom stereocenters. The number of benzene rings is 1. The van der Waals surface area contributed by atoms with E-state index < -0.39 is 17.5 Å². The van der Waals surface area contributed by atoms with Crippen LogP contribution < -0.4 is 5.73 Å². The first-order valence-corrected chi connectivity index (χ1v) is 3.90. The van der Waals surface area contributed by atoms with Crippen LogP contribution in [0.5, 0.6) is 0 Å². The Hall–Kier alpha value is -1.03. The zero-order valence-corrected chi connectivity index (χ0v) is 7.15. The highest BCUT2D eigenvalue weighted by Crippen LogP contribution is 2.15. The van der Waals surface area contributed by atoms with Crippen LogP contribution in [0.1, 0.15) is 12.5 Å². The fourth-order valence-electron chi connectivity index (χ4n) is 1.07. The molecule has 72 valence electrons. The summed E-state index contributed by atoms with van der Waals surface area (Å²) >= 11 is 0. The van der Waals surface area contributed by atoms with Crippen LogP contribution in [-0.4, -0.2) is 6.04 Å². The van der Waals surface area contributed by atoms with Crippen molar-refractivity contribution in [1.29, 1.82) is 0 Å². The lowest BCUT2D eigenvalue weighted by Crippen LogP contribution is -2.19. The summed E-state index contributed by atoms with van der Waals surface area (Å²) in [6, 6.07) is 1.83. The maximum Gasteiger partial charge on any atom is 0.194 e. The standard InChI is InChI=1S/C9H10F3N/c1-5(13)4-6-2-3-7(10)9(12)8(6)11/h2-3,5H,4,13H2,1H3/t5-/m1/s1. The number of hydrogen-bond acceptors (Lipinski definition) is 1. The van der Waals surface area contributed by atoms with E-state index in [4.69, 9.17) is 5.73 Å². The molecular weight excluding hydrogens is 179 g/mol. The van der Waals surface area contributed by atoms with Crippen molar-refractivity contribution in [2.24, 2.45) is 5.73 Å². The van der Waals surface area contributed by atoms with E-state index in [1.54, 1.807) is 6.92 Å². The molecule has 0 aromatic heterocycles. The lowest BCUT2D eigenvalue weighted by atomic mass is 10.1. The van der Waals surface area contributed by atoms with Gasteiger partial charge in [0.25, 0.3) is 0 Å². The molecule has 0 saturated heterocycles. The Bertz CT molecular complexity index is 310. The minimum absolute atomic E-state index is 0.105. The topological polar surface area (TPSA) is 26.0 Å². The summed E-state index contributed by atoms with van der Waals surface area (Å²) in [4.78, 5) is 0. The lowest BCUT2D eigenvalue weighted by molar-refractivity contribution is 0.439. The Kier molecular flexibility index (Phi) is 2.93. The van der Waals surface area contributed by atoms with E-state index in [2.05, 4.69) is 0 Å². The van der Waals surface area contributed by atoms with Crippen molar-refractivity contribution in [2.45, 2.75) is 19.4 Å². The Morgan fingerprint density at radius 3 is 2.38 bits per heavy atom. The Morgan fingerprint density at radius 2 is 1.85 bits per heavy atom. The van der Waals surface area contributed by atoms with E-state index >= 15 is 0 Å². The highest BCUT2D eigenvalue weighted by Gasteiger charge is 2.13. The second kappa shape index (κ2) is 3.79. The molecule has 2 N–H and O–H groups in total. The summed E-state index contributed by atoms with van der Waals surface area (Å²) in [6.07, 6.45) is 0.197. The van der Waals surface area contributed by atoms with Crippen molar-refractivity contribution in [1.82, 2.24) is 0 Å². The van der Waals surface area contributed by atoms with Crippen LogP contribution in [0, 0.1) is 17.5 Å². The molecule has 0 heterocycles. The third kappa shape index (κ3) is 2.21. The molecule has 0 amide bonds. The van der Waals surface area contributed by atoms with Gasteiger partial charge in [0, 0.05) is 6.04 Å². The predicted octanol–water partition coefficient (Wildman–Crippen LogP) is 1.99. The highest BCUT2D eigenvalue weighted by molar-refractivity contribution is 5.21. The van der Waals surface area contributed by atoms with Crippen molar-refractivity contribution in [3.63, 3.8) is 0 Å². The molecule has 1 aromatic rings.